The van der Waals surface area contributed by atoms with Crippen LogP contribution in [0, 0.1) is 0 Å². The lowest BCUT2D eigenvalue weighted by atomic mass is 10.1. The second-order valence-corrected chi connectivity index (χ2v) is 10.9. The molecule has 0 aliphatic rings. The first-order valence-electron chi connectivity index (χ1n) is 12.2. The molecule has 3 aromatic rings. The number of carbonyl (C=O) groups is 2. The van der Waals surface area contributed by atoms with Crippen molar-refractivity contribution in [2.24, 2.45) is 0 Å². The quantitative estimate of drug-likeness (QED) is 0.354. The molecule has 0 spiro atoms. The number of para-hydroxylation sites is 2. The third-order valence-electron chi connectivity index (χ3n) is 5.95. The second kappa shape index (κ2) is 13.3. The largest absolute Gasteiger partial charge is 0.495 e. The van der Waals surface area contributed by atoms with Crippen molar-refractivity contribution >= 4 is 39.1 Å². The van der Waals surface area contributed by atoms with Crippen molar-refractivity contribution in [3.05, 3.63) is 89.4 Å². The minimum absolute atomic E-state index is 0.0247. The molecule has 1 N–H and O–H groups in total. The number of carbonyl (C=O) groups excluding carboxylic acids is 2. The Labute approximate surface area is 229 Å². The highest BCUT2D eigenvalue weighted by atomic mass is 35.5. The van der Waals surface area contributed by atoms with Crippen LogP contribution in [0.15, 0.2) is 83.8 Å². The molecule has 0 aliphatic carbocycles. The maximum Gasteiger partial charge on any atom is 0.264 e. The first-order valence-corrected chi connectivity index (χ1v) is 14.0. The second-order valence-electron chi connectivity index (χ2n) is 8.61. The zero-order chi connectivity index (χ0) is 27.7. The van der Waals surface area contributed by atoms with E-state index in [1.165, 1.54) is 24.1 Å². The molecule has 0 fully saturated rings. The van der Waals surface area contributed by atoms with Gasteiger partial charge in [-0.1, -0.05) is 61.0 Å². The predicted octanol–water partition coefficient (Wildman–Crippen LogP) is 4.49. The molecule has 0 aromatic heterocycles. The summed E-state index contributed by atoms with van der Waals surface area (Å²) in [5.41, 5.74) is 0.953. The molecule has 0 bridgehead atoms. The zero-order valence-electron chi connectivity index (χ0n) is 21.6. The van der Waals surface area contributed by atoms with Gasteiger partial charge in [0.05, 0.1) is 17.7 Å². The molecule has 3 aromatic carbocycles. The molecule has 38 heavy (non-hydrogen) atoms. The van der Waals surface area contributed by atoms with Gasteiger partial charge in [0.2, 0.25) is 11.8 Å². The number of benzene rings is 3. The fourth-order valence-corrected chi connectivity index (χ4v) is 5.41. The highest BCUT2D eigenvalue weighted by Gasteiger charge is 2.33. The average Bonchev–Trinajstić information content (AvgIpc) is 2.94. The van der Waals surface area contributed by atoms with Crippen molar-refractivity contribution in [2.45, 2.75) is 37.8 Å². The van der Waals surface area contributed by atoms with Crippen molar-refractivity contribution in [3.63, 3.8) is 0 Å². The van der Waals surface area contributed by atoms with Crippen LogP contribution in [-0.4, -0.2) is 51.4 Å². The Morgan fingerprint density at radius 3 is 2.24 bits per heavy atom. The Morgan fingerprint density at radius 2 is 1.61 bits per heavy atom. The van der Waals surface area contributed by atoms with Crippen LogP contribution in [0.5, 0.6) is 5.75 Å². The molecule has 8 nitrogen and oxygen atoms in total. The van der Waals surface area contributed by atoms with Crippen LogP contribution in [0.25, 0.3) is 0 Å². The Balaban J connectivity index is 2.04. The standard InChI is InChI=1S/C28H32ClN3O5S/c1-4-18-30-28(34)21(2)31(19-22-14-16-23(29)17-15-22)27(33)20-32(25-12-8-9-13-26(25)37-3)38(35,36)24-10-6-5-7-11-24/h5-17,21H,4,18-20H2,1-3H3,(H,30,34)/t21-/m0/s1. The molecule has 2 amide bonds. The predicted molar refractivity (Wildman–Crippen MR) is 149 cm³/mol. The molecule has 0 saturated carbocycles. The van der Waals surface area contributed by atoms with E-state index in [1.807, 2.05) is 6.92 Å². The van der Waals surface area contributed by atoms with Crippen molar-refractivity contribution in [3.8, 4) is 5.75 Å². The number of rotatable bonds is 12. The Hall–Kier alpha value is -3.56. The molecule has 3 rings (SSSR count). The molecule has 0 radical (unpaired) electrons. The summed E-state index contributed by atoms with van der Waals surface area (Å²) < 4.78 is 34.1. The summed E-state index contributed by atoms with van der Waals surface area (Å²) in [4.78, 5) is 28.2. The van der Waals surface area contributed by atoms with Gasteiger partial charge in [-0.15, -0.1) is 0 Å². The normalized spacial score (nSPS) is 11.9. The van der Waals surface area contributed by atoms with Crippen molar-refractivity contribution in [2.75, 3.05) is 24.5 Å². The number of ether oxygens (including phenoxy) is 1. The number of anilines is 1. The summed E-state index contributed by atoms with van der Waals surface area (Å²) in [6.45, 7) is 3.55. The van der Waals surface area contributed by atoms with E-state index in [0.29, 0.717) is 11.6 Å². The van der Waals surface area contributed by atoms with E-state index in [-0.39, 0.29) is 28.8 Å². The molecule has 0 unspecified atom stereocenters. The van der Waals surface area contributed by atoms with E-state index in [4.69, 9.17) is 16.3 Å². The van der Waals surface area contributed by atoms with Gasteiger partial charge in [0, 0.05) is 18.1 Å². The number of nitrogens with zero attached hydrogens (tertiary/aromatic N) is 2. The van der Waals surface area contributed by atoms with Crippen LogP contribution in [-0.2, 0) is 26.2 Å². The highest BCUT2D eigenvalue weighted by molar-refractivity contribution is 7.92. The Bertz CT molecular complexity index is 1330. The minimum Gasteiger partial charge on any atom is -0.495 e. The zero-order valence-corrected chi connectivity index (χ0v) is 23.2. The number of halogens is 1. The van der Waals surface area contributed by atoms with Gasteiger partial charge in [-0.3, -0.25) is 13.9 Å². The molecule has 1 atom stereocenters. The van der Waals surface area contributed by atoms with Crippen LogP contribution in [0.3, 0.4) is 0 Å². The number of nitrogens with one attached hydrogen (secondary N) is 1. The van der Waals surface area contributed by atoms with Gasteiger partial charge in [0.1, 0.15) is 18.3 Å². The summed E-state index contributed by atoms with van der Waals surface area (Å²) in [5, 5.41) is 3.35. The third-order valence-corrected chi connectivity index (χ3v) is 7.97. The summed E-state index contributed by atoms with van der Waals surface area (Å²) in [6.07, 6.45) is 0.737. The van der Waals surface area contributed by atoms with Crippen LogP contribution < -0.4 is 14.4 Å². The lowest BCUT2D eigenvalue weighted by molar-refractivity contribution is -0.139. The minimum atomic E-state index is -4.17. The van der Waals surface area contributed by atoms with Crippen LogP contribution in [0.1, 0.15) is 25.8 Å². The van der Waals surface area contributed by atoms with E-state index in [1.54, 1.807) is 73.7 Å². The van der Waals surface area contributed by atoms with Gasteiger partial charge in [-0.25, -0.2) is 8.42 Å². The van der Waals surface area contributed by atoms with Gasteiger partial charge in [-0.05, 0) is 55.3 Å². The number of sulfonamides is 1. The molecule has 10 heteroatoms. The first-order chi connectivity index (χ1) is 18.2. The topological polar surface area (TPSA) is 96.0 Å². The summed E-state index contributed by atoms with van der Waals surface area (Å²) in [6, 6.07) is 20.5. The van der Waals surface area contributed by atoms with Gasteiger partial charge in [0.25, 0.3) is 10.0 Å². The van der Waals surface area contributed by atoms with Crippen LogP contribution in [0.4, 0.5) is 5.69 Å². The van der Waals surface area contributed by atoms with Crippen LogP contribution in [0.2, 0.25) is 5.02 Å². The van der Waals surface area contributed by atoms with E-state index in [9.17, 15) is 18.0 Å². The average molecular weight is 558 g/mol. The summed E-state index contributed by atoms with van der Waals surface area (Å²) in [7, 11) is -2.73. The molecule has 202 valence electrons. The van der Waals surface area contributed by atoms with E-state index >= 15 is 0 Å². The van der Waals surface area contributed by atoms with Gasteiger partial charge >= 0.3 is 0 Å². The first kappa shape index (κ1) is 29.0. The summed E-state index contributed by atoms with van der Waals surface area (Å²) in [5.74, 6) is -0.591. The number of methoxy groups -OCH3 is 1. The lowest BCUT2D eigenvalue weighted by Crippen LogP contribution is -2.51. The van der Waals surface area contributed by atoms with E-state index in [0.717, 1.165) is 16.3 Å². The maximum absolute atomic E-state index is 13.9. The van der Waals surface area contributed by atoms with Gasteiger partial charge < -0.3 is 15.0 Å². The number of hydrogen-bond acceptors (Lipinski definition) is 5. The Kier molecular flexibility index (Phi) is 10.2. The van der Waals surface area contributed by atoms with Crippen LogP contribution >= 0.6 is 11.6 Å². The van der Waals surface area contributed by atoms with E-state index < -0.39 is 28.5 Å². The fraction of sp³-hybridized carbons (Fsp3) is 0.286. The van der Waals surface area contributed by atoms with Crippen molar-refractivity contribution in [1.29, 1.82) is 0 Å². The van der Waals surface area contributed by atoms with Crippen molar-refractivity contribution < 1.29 is 22.7 Å². The smallest absolute Gasteiger partial charge is 0.264 e. The monoisotopic (exact) mass is 557 g/mol. The maximum atomic E-state index is 13.9. The van der Waals surface area contributed by atoms with Gasteiger partial charge in [-0.2, -0.15) is 0 Å². The number of amides is 2. The third kappa shape index (κ3) is 7.05. The summed E-state index contributed by atoms with van der Waals surface area (Å²) >= 11 is 6.02. The Morgan fingerprint density at radius 1 is 0.974 bits per heavy atom. The number of hydrogen-bond donors (Lipinski definition) is 1. The van der Waals surface area contributed by atoms with E-state index in [2.05, 4.69) is 5.32 Å². The molecule has 0 saturated heterocycles. The van der Waals surface area contributed by atoms with Crippen molar-refractivity contribution in [1.82, 2.24) is 10.2 Å². The highest BCUT2D eigenvalue weighted by Crippen LogP contribution is 2.32. The van der Waals surface area contributed by atoms with Gasteiger partial charge in [0.15, 0.2) is 0 Å². The molecule has 0 aliphatic heterocycles. The fourth-order valence-electron chi connectivity index (χ4n) is 3.83. The lowest BCUT2D eigenvalue weighted by Gasteiger charge is -2.32. The SMILES string of the molecule is CCCNC(=O)[C@H](C)N(Cc1ccc(Cl)cc1)C(=O)CN(c1ccccc1OC)S(=O)(=O)c1ccccc1. The molecular formula is C28H32ClN3O5S. The molecular weight excluding hydrogens is 526 g/mol. The molecule has 0 heterocycles.